The molecule has 19 heavy (non-hydrogen) atoms. The maximum Gasteiger partial charge on any atom is 0.299 e. The third kappa shape index (κ3) is 1.98. The molecule has 1 aliphatic rings. The van der Waals surface area contributed by atoms with E-state index in [1.165, 1.54) is 4.90 Å². The van der Waals surface area contributed by atoms with Crippen LogP contribution in [0.25, 0.3) is 0 Å². The van der Waals surface area contributed by atoms with Crippen LogP contribution in [0.2, 0.25) is 0 Å². The summed E-state index contributed by atoms with van der Waals surface area (Å²) in [5, 5.41) is 0. The van der Waals surface area contributed by atoms with E-state index in [9.17, 15) is 9.59 Å². The zero-order valence-corrected chi connectivity index (χ0v) is 11.6. The minimum atomic E-state index is -0.461. The van der Waals surface area contributed by atoms with E-state index in [0.717, 1.165) is 10.0 Å². The van der Waals surface area contributed by atoms with Crippen LogP contribution in [-0.2, 0) is 11.3 Å². The molecule has 0 fully saturated rings. The minimum absolute atomic E-state index is 0.392. The van der Waals surface area contributed by atoms with Gasteiger partial charge in [0.15, 0.2) is 0 Å². The first-order valence-electron chi connectivity index (χ1n) is 5.87. The minimum Gasteiger partial charge on any atom is -0.300 e. The topological polar surface area (TPSA) is 37.4 Å². The smallest absolute Gasteiger partial charge is 0.299 e. The van der Waals surface area contributed by atoms with Crippen LogP contribution in [0.15, 0.2) is 53.0 Å². The molecule has 2 aromatic rings. The predicted molar refractivity (Wildman–Crippen MR) is 76.1 cm³/mol. The molecule has 94 valence electrons. The van der Waals surface area contributed by atoms with Gasteiger partial charge in [0, 0.05) is 4.47 Å². The van der Waals surface area contributed by atoms with E-state index in [2.05, 4.69) is 15.9 Å². The SMILES string of the molecule is O=C1C(=O)N(Cc2ccccc2Br)c2ccccc21. The number of fused-ring (bicyclic) bond motifs is 1. The van der Waals surface area contributed by atoms with Gasteiger partial charge in [-0.05, 0) is 23.8 Å². The van der Waals surface area contributed by atoms with Gasteiger partial charge in [-0.3, -0.25) is 9.59 Å². The normalized spacial score (nSPS) is 13.8. The van der Waals surface area contributed by atoms with Crippen LogP contribution in [0.3, 0.4) is 0 Å². The molecule has 0 aliphatic carbocycles. The highest BCUT2D eigenvalue weighted by molar-refractivity contribution is 9.10. The molecule has 0 saturated carbocycles. The molecule has 3 nitrogen and oxygen atoms in total. The fourth-order valence-corrected chi connectivity index (χ4v) is 2.61. The van der Waals surface area contributed by atoms with Crippen molar-refractivity contribution in [3.8, 4) is 0 Å². The molecule has 0 aromatic heterocycles. The zero-order chi connectivity index (χ0) is 13.4. The number of ketones is 1. The van der Waals surface area contributed by atoms with Crippen molar-refractivity contribution >= 4 is 33.3 Å². The van der Waals surface area contributed by atoms with Gasteiger partial charge in [0.25, 0.3) is 11.7 Å². The van der Waals surface area contributed by atoms with Gasteiger partial charge >= 0.3 is 0 Å². The number of Topliss-reactive ketones (excluding diaryl/α,β-unsaturated/α-hetero) is 1. The number of carbonyl (C=O) groups excluding carboxylic acids is 2. The maximum absolute atomic E-state index is 12.0. The van der Waals surface area contributed by atoms with Crippen molar-refractivity contribution in [1.29, 1.82) is 0 Å². The van der Waals surface area contributed by atoms with Gasteiger partial charge in [-0.2, -0.15) is 0 Å². The third-order valence-corrected chi connectivity index (χ3v) is 3.94. The quantitative estimate of drug-likeness (QED) is 0.798. The Hall–Kier alpha value is -1.94. The molecule has 0 N–H and O–H groups in total. The van der Waals surface area contributed by atoms with E-state index < -0.39 is 11.7 Å². The molecule has 0 saturated heterocycles. The van der Waals surface area contributed by atoms with Gasteiger partial charge in [0.2, 0.25) is 0 Å². The number of anilines is 1. The largest absolute Gasteiger partial charge is 0.300 e. The number of carbonyl (C=O) groups is 2. The summed E-state index contributed by atoms with van der Waals surface area (Å²) in [4.78, 5) is 25.4. The number of hydrogen-bond donors (Lipinski definition) is 0. The molecule has 3 rings (SSSR count). The molecule has 0 unspecified atom stereocenters. The molecule has 0 spiro atoms. The Morgan fingerprint density at radius 1 is 0.947 bits per heavy atom. The highest BCUT2D eigenvalue weighted by Gasteiger charge is 2.35. The van der Waals surface area contributed by atoms with E-state index in [0.29, 0.717) is 17.8 Å². The van der Waals surface area contributed by atoms with E-state index >= 15 is 0 Å². The summed E-state index contributed by atoms with van der Waals surface area (Å²) in [7, 11) is 0. The molecule has 0 radical (unpaired) electrons. The van der Waals surface area contributed by atoms with Gasteiger partial charge in [0.1, 0.15) is 0 Å². The molecular weight excluding hydrogens is 306 g/mol. The van der Waals surface area contributed by atoms with Crippen LogP contribution in [0.1, 0.15) is 15.9 Å². The van der Waals surface area contributed by atoms with Gasteiger partial charge in [-0.15, -0.1) is 0 Å². The average Bonchev–Trinajstić information content (AvgIpc) is 2.67. The van der Waals surface area contributed by atoms with Crippen molar-refractivity contribution in [3.05, 3.63) is 64.1 Å². The Bertz CT molecular complexity index is 681. The lowest BCUT2D eigenvalue weighted by Crippen LogP contribution is -2.29. The fourth-order valence-electron chi connectivity index (χ4n) is 2.20. The second-order valence-corrected chi connectivity index (χ2v) is 5.18. The summed E-state index contributed by atoms with van der Waals surface area (Å²) in [5.41, 5.74) is 2.15. The summed E-state index contributed by atoms with van der Waals surface area (Å²) in [6, 6.07) is 14.8. The number of para-hydroxylation sites is 1. The van der Waals surface area contributed by atoms with Gasteiger partial charge < -0.3 is 4.90 Å². The van der Waals surface area contributed by atoms with Crippen molar-refractivity contribution in [2.75, 3.05) is 4.90 Å². The van der Waals surface area contributed by atoms with Crippen molar-refractivity contribution in [3.63, 3.8) is 0 Å². The van der Waals surface area contributed by atoms with Crippen LogP contribution >= 0.6 is 15.9 Å². The van der Waals surface area contributed by atoms with Crippen molar-refractivity contribution in [1.82, 2.24) is 0 Å². The van der Waals surface area contributed by atoms with Crippen LogP contribution in [0.4, 0.5) is 5.69 Å². The van der Waals surface area contributed by atoms with Crippen molar-refractivity contribution in [2.24, 2.45) is 0 Å². The van der Waals surface area contributed by atoms with Crippen LogP contribution in [-0.4, -0.2) is 11.7 Å². The van der Waals surface area contributed by atoms with Gasteiger partial charge in [-0.1, -0.05) is 46.3 Å². The lowest BCUT2D eigenvalue weighted by molar-refractivity contribution is -0.114. The molecule has 1 heterocycles. The molecule has 0 atom stereocenters. The second-order valence-electron chi connectivity index (χ2n) is 4.33. The standard InChI is InChI=1S/C15H10BrNO2/c16-12-7-3-1-5-10(12)9-17-13-8-4-2-6-11(13)14(18)15(17)19/h1-8H,9H2. The fraction of sp³-hybridized carbons (Fsp3) is 0.0667. The summed E-state index contributed by atoms with van der Waals surface area (Å²) in [6.45, 7) is 0.392. The van der Waals surface area contributed by atoms with Gasteiger partial charge in [0.05, 0.1) is 17.8 Å². The molecular formula is C15H10BrNO2. The van der Waals surface area contributed by atoms with Crippen LogP contribution < -0.4 is 4.90 Å². The maximum atomic E-state index is 12.0. The number of amides is 1. The first-order valence-corrected chi connectivity index (χ1v) is 6.66. The second kappa shape index (κ2) is 4.63. The lowest BCUT2D eigenvalue weighted by Gasteiger charge is -2.17. The first-order chi connectivity index (χ1) is 9.18. The molecule has 4 heteroatoms. The summed E-state index contributed by atoms with van der Waals surface area (Å²) >= 11 is 3.46. The number of benzene rings is 2. The van der Waals surface area contributed by atoms with Crippen molar-refractivity contribution in [2.45, 2.75) is 6.54 Å². The molecule has 1 aliphatic heterocycles. The third-order valence-electron chi connectivity index (χ3n) is 3.17. The summed E-state index contributed by atoms with van der Waals surface area (Å²) in [5.74, 6) is -0.889. The number of nitrogens with zero attached hydrogens (tertiary/aromatic N) is 1. The number of rotatable bonds is 2. The highest BCUT2D eigenvalue weighted by Crippen LogP contribution is 2.31. The van der Waals surface area contributed by atoms with Crippen molar-refractivity contribution < 1.29 is 9.59 Å². The molecule has 2 aromatic carbocycles. The van der Waals surface area contributed by atoms with Crippen LogP contribution in [0, 0.1) is 0 Å². The van der Waals surface area contributed by atoms with E-state index in [1.807, 2.05) is 30.3 Å². The predicted octanol–water partition coefficient (Wildman–Crippen LogP) is 3.18. The Morgan fingerprint density at radius 2 is 1.63 bits per heavy atom. The Morgan fingerprint density at radius 3 is 2.42 bits per heavy atom. The molecule has 1 amide bonds. The number of hydrogen-bond acceptors (Lipinski definition) is 2. The Labute approximate surface area is 119 Å². The first kappa shape index (κ1) is 12.1. The number of halogens is 1. The van der Waals surface area contributed by atoms with E-state index in [1.54, 1.807) is 18.2 Å². The lowest BCUT2D eigenvalue weighted by atomic mass is 10.1. The molecule has 0 bridgehead atoms. The zero-order valence-electron chi connectivity index (χ0n) is 9.97. The summed E-state index contributed by atoms with van der Waals surface area (Å²) < 4.78 is 0.930. The highest BCUT2D eigenvalue weighted by atomic mass is 79.9. The average molecular weight is 316 g/mol. The Kier molecular flexibility index (Phi) is 2.95. The van der Waals surface area contributed by atoms with Gasteiger partial charge in [-0.25, -0.2) is 0 Å². The van der Waals surface area contributed by atoms with E-state index in [4.69, 9.17) is 0 Å². The summed E-state index contributed by atoms with van der Waals surface area (Å²) in [6.07, 6.45) is 0. The van der Waals surface area contributed by atoms with E-state index in [-0.39, 0.29) is 0 Å². The Balaban J connectivity index is 2.01. The monoisotopic (exact) mass is 315 g/mol. The van der Waals surface area contributed by atoms with Crippen LogP contribution in [0.5, 0.6) is 0 Å².